The average molecular weight is 629 g/mol. The van der Waals surface area contributed by atoms with Crippen molar-refractivity contribution < 1.29 is 4.74 Å². The topological polar surface area (TPSA) is 87.6 Å². The van der Waals surface area contributed by atoms with Crippen molar-refractivity contribution in [3.63, 3.8) is 0 Å². The third-order valence-electron chi connectivity index (χ3n) is 3.93. The molecule has 0 atom stereocenters. The number of nitrogens with one attached hydrogen (secondary N) is 2. The Hall–Kier alpha value is -2.22. The minimum atomic E-state index is 0.347. The van der Waals surface area contributed by atoms with E-state index in [1.54, 1.807) is 13.3 Å². The third kappa shape index (κ3) is 6.14. The van der Waals surface area contributed by atoms with Crippen molar-refractivity contribution in [1.82, 2.24) is 15.0 Å². The maximum Gasteiger partial charge on any atom is 0.250 e. The molecule has 0 amide bonds. The number of halogens is 2. The highest BCUT2D eigenvalue weighted by Gasteiger charge is 2.09. The molecule has 0 fully saturated rings. The fourth-order valence-corrected chi connectivity index (χ4v) is 4.63. The standard InChI is InChI=1S/C20H21I2N7O/c1-29(2)20-26-18(23-11-13-7-5-4-6-8-13)25-19(27-20)28-24-12-14-9-15(21)10-16(22)17(14)30-3/h4-10,12H,11H2,1-3H3,(H2,23,25,26,27,28)/b24-12-. The number of nitrogens with zero attached hydrogens (tertiary/aromatic N) is 5. The van der Waals surface area contributed by atoms with Gasteiger partial charge in [0.2, 0.25) is 17.8 Å². The smallest absolute Gasteiger partial charge is 0.250 e. The lowest BCUT2D eigenvalue weighted by atomic mass is 10.2. The summed E-state index contributed by atoms with van der Waals surface area (Å²) in [6.07, 6.45) is 1.69. The Balaban J connectivity index is 1.78. The molecule has 2 aromatic carbocycles. The van der Waals surface area contributed by atoms with Gasteiger partial charge in [-0.1, -0.05) is 30.3 Å². The molecule has 0 saturated heterocycles. The first-order valence-electron chi connectivity index (χ1n) is 8.99. The fourth-order valence-electron chi connectivity index (χ4n) is 2.52. The molecule has 0 aliphatic heterocycles. The quantitative estimate of drug-likeness (QED) is 0.220. The maximum absolute atomic E-state index is 5.49. The lowest BCUT2D eigenvalue weighted by Crippen LogP contribution is -2.16. The first kappa shape index (κ1) is 22.5. The summed E-state index contributed by atoms with van der Waals surface area (Å²) in [7, 11) is 5.40. The first-order valence-corrected chi connectivity index (χ1v) is 11.2. The van der Waals surface area contributed by atoms with E-state index in [-0.39, 0.29) is 0 Å². The molecule has 0 radical (unpaired) electrons. The molecule has 0 bridgehead atoms. The monoisotopic (exact) mass is 629 g/mol. The van der Waals surface area contributed by atoms with Crippen LogP contribution in [-0.4, -0.2) is 42.4 Å². The van der Waals surface area contributed by atoms with Gasteiger partial charge in [0.1, 0.15) is 5.75 Å². The largest absolute Gasteiger partial charge is 0.495 e. The van der Waals surface area contributed by atoms with Gasteiger partial charge in [-0.3, -0.25) is 0 Å². The summed E-state index contributed by atoms with van der Waals surface area (Å²) in [4.78, 5) is 15.1. The highest BCUT2D eigenvalue weighted by molar-refractivity contribution is 14.1. The number of hydrogen-bond acceptors (Lipinski definition) is 8. The van der Waals surface area contributed by atoms with Gasteiger partial charge in [-0.25, -0.2) is 5.43 Å². The molecule has 0 aliphatic rings. The van der Waals surface area contributed by atoms with Crippen LogP contribution in [0.4, 0.5) is 17.8 Å². The third-order valence-corrected chi connectivity index (χ3v) is 5.35. The van der Waals surface area contributed by atoms with Crippen LogP contribution in [0, 0.1) is 7.14 Å². The Labute approximate surface area is 202 Å². The minimum absolute atomic E-state index is 0.347. The van der Waals surface area contributed by atoms with Gasteiger partial charge in [-0.2, -0.15) is 20.1 Å². The van der Waals surface area contributed by atoms with Crippen molar-refractivity contribution in [2.24, 2.45) is 5.10 Å². The summed E-state index contributed by atoms with van der Waals surface area (Å²) >= 11 is 4.51. The van der Waals surface area contributed by atoms with E-state index < -0.39 is 0 Å². The number of methoxy groups -OCH3 is 1. The normalized spacial score (nSPS) is 10.8. The van der Waals surface area contributed by atoms with Crippen molar-refractivity contribution in [2.75, 3.05) is 36.8 Å². The van der Waals surface area contributed by atoms with Crippen LogP contribution in [0.2, 0.25) is 0 Å². The van der Waals surface area contributed by atoms with Crippen LogP contribution in [-0.2, 0) is 6.54 Å². The summed E-state index contributed by atoms with van der Waals surface area (Å²) in [5.74, 6) is 2.12. The first-order chi connectivity index (χ1) is 14.5. The Kier molecular flexibility index (Phi) is 8.01. The van der Waals surface area contributed by atoms with E-state index in [0.717, 1.165) is 24.0 Å². The lowest BCUT2D eigenvalue weighted by molar-refractivity contribution is 0.411. The average Bonchev–Trinajstić information content (AvgIpc) is 2.72. The number of hydrazone groups is 1. The van der Waals surface area contributed by atoms with E-state index in [1.165, 1.54) is 0 Å². The van der Waals surface area contributed by atoms with Crippen LogP contribution in [0.1, 0.15) is 11.1 Å². The molecular formula is C20H21I2N7O. The summed E-state index contributed by atoms with van der Waals surface area (Å²) in [5.41, 5.74) is 4.90. The van der Waals surface area contributed by atoms with Crippen LogP contribution >= 0.6 is 45.2 Å². The second-order valence-corrected chi connectivity index (χ2v) is 8.80. The van der Waals surface area contributed by atoms with E-state index in [2.05, 4.69) is 76.0 Å². The van der Waals surface area contributed by atoms with Crippen LogP contribution in [0.3, 0.4) is 0 Å². The number of rotatable bonds is 8. The molecule has 8 nitrogen and oxygen atoms in total. The van der Waals surface area contributed by atoms with Crippen molar-refractivity contribution in [1.29, 1.82) is 0 Å². The molecule has 0 unspecified atom stereocenters. The van der Waals surface area contributed by atoms with Crippen LogP contribution in [0.5, 0.6) is 5.75 Å². The maximum atomic E-state index is 5.49. The highest BCUT2D eigenvalue weighted by Crippen LogP contribution is 2.27. The van der Waals surface area contributed by atoms with Gasteiger partial charge in [0, 0.05) is 29.8 Å². The lowest BCUT2D eigenvalue weighted by Gasteiger charge is -2.13. The number of ether oxygens (including phenoxy) is 1. The van der Waals surface area contributed by atoms with E-state index in [9.17, 15) is 0 Å². The Morgan fingerprint density at radius 3 is 2.50 bits per heavy atom. The molecule has 0 saturated carbocycles. The molecule has 2 N–H and O–H groups in total. The second-order valence-electron chi connectivity index (χ2n) is 6.40. The molecule has 1 aromatic heterocycles. The van der Waals surface area contributed by atoms with Crippen molar-refractivity contribution in [2.45, 2.75) is 6.54 Å². The molecular weight excluding hydrogens is 608 g/mol. The zero-order chi connectivity index (χ0) is 21.5. The highest BCUT2D eigenvalue weighted by atomic mass is 127. The summed E-state index contributed by atoms with van der Waals surface area (Å²) < 4.78 is 7.61. The van der Waals surface area contributed by atoms with Gasteiger partial charge >= 0.3 is 0 Å². The predicted molar refractivity (Wildman–Crippen MR) is 138 cm³/mol. The summed E-state index contributed by atoms with van der Waals surface area (Å²) in [6, 6.07) is 14.1. The van der Waals surface area contributed by atoms with Gasteiger partial charge in [-0.05, 0) is 62.9 Å². The van der Waals surface area contributed by atoms with E-state index in [1.807, 2.05) is 61.5 Å². The van der Waals surface area contributed by atoms with Gasteiger partial charge in [0.25, 0.3) is 0 Å². The number of benzene rings is 2. The molecule has 0 spiro atoms. The predicted octanol–water partition coefficient (Wildman–Crippen LogP) is 4.21. The number of anilines is 3. The molecule has 3 aromatic rings. The van der Waals surface area contributed by atoms with Gasteiger partial charge in [-0.15, -0.1) is 0 Å². The van der Waals surface area contributed by atoms with E-state index >= 15 is 0 Å². The van der Waals surface area contributed by atoms with E-state index in [4.69, 9.17) is 4.74 Å². The van der Waals surface area contributed by atoms with E-state index in [0.29, 0.717) is 24.4 Å². The van der Waals surface area contributed by atoms with Crippen molar-refractivity contribution >= 4 is 69.2 Å². The Bertz CT molecular complexity index is 1030. The minimum Gasteiger partial charge on any atom is -0.495 e. The molecule has 0 aliphatic carbocycles. The van der Waals surface area contributed by atoms with Crippen LogP contribution in [0.25, 0.3) is 0 Å². The summed E-state index contributed by atoms with van der Waals surface area (Å²) in [6.45, 7) is 0.610. The number of aromatic nitrogens is 3. The van der Waals surface area contributed by atoms with Crippen LogP contribution < -0.4 is 20.4 Å². The fraction of sp³-hybridized carbons (Fsp3) is 0.200. The molecule has 3 rings (SSSR count). The molecule has 1 heterocycles. The zero-order valence-corrected chi connectivity index (χ0v) is 21.0. The van der Waals surface area contributed by atoms with Crippen LogP contribution in [0.15, 0.2) is 47.6 Å². The van der Waals surface area contributed by atoms with Gasteiger partial charge in [0.05, 0.1) is 16.9 Å². The zero-order valence-electron chi connectivity index (χ0n) is 16.7. The Morgan fingerprint density at radius 1 is 1.07 bits per heavy atom. The number of hydrogen-bond donors (Lipinski definition) is 2. The molecule has 156 valence electrons. The van der Waals surface area contributed by atoms with Crippen molar-refractivity contribution in [3.8, 4) is 5.75 Å². The molecule has 30 heavy (non-hydrogen) atoms. The van der Waals surface area contributed by atoms with Gasteiger partial charge in [0.15, 0.2) is 0 Å². The molecule has 10 heteroatoms. The Morgan fingerprint density at radius 2 is 1.80 bits per heavy atom. The SMILES string of the molecule is COc1c(I)cc(I)cc1/C=N\Nc1nc(NCc2ccccc2)nc(N(C)C)n1. The summed E-state index contributed by atoms with van der Waals surface area (Å²) in [5, 5.41) is 7.54. The second kappa shape index (κ2) is 10.7. The van der Waals surface area contributed by atoms with Crippen molar-refractivity contribution in [3.05, 3.63) is 60.7 Å². The van der Waals surface area contributed by atoms with Gasteiger partial charge < -0.3 is 15.0 Å².